The van der Waals surface area contributed by atoms with Crippen molar-refractivity contribution in [3.05, 3.63) is 12.4 Å². The Morgan fingerprint density at radius 3 is 2.70 bits per heavy atom. The summed E-state index contributed by atoms with van der Waals surface area (Å²) >= 11 is 0. The average molecular weight is 164 g/mol. The Hall–Kier alpha value is -0.790. The normalized spacial score (nSPS) is 17.5. The number of rotatable bonds is 2. The van der Waals surface area contributed by atoms with Crippen LogP contribution < -0.4 is 16.1 Å². The fraction of sp³-hybridized carbons (Fsp3) is 0.333. The number of hydrogen-bond donors (Lipinski definition) is 3. The molecule has 0 spiro atoms. The van der Waals surface area contributed by atoms with E-state index >= 15 is 0 Å². The van der Waals surface area contributed by atoms with E-state index in [9.17, 15) is 8.42 Å². The third-order valence-electron chi connectivity index (χ3n) is 0.865. The van der Waals surface area contributed by atoms with Crippen molar-refractivity contribution in [3.8, 4) is 0 Å². The van der Waals surface area contributed by atoms with Crippen molar-refractivity contribution < 1.29 is 8.42 Å². The van der Waals surface area contributed by atoms with E-state index in [2.05, 4.69) is 11.0 Å². The number of nitrogens with one attached hydrogen (secondary N) is 2. The van der Waals surface area contributed by atoms with Gasteiger partial charge in [0.05, 0.1) is 0 Å². The highest BCUT2D eigenvalue weighted by molar-refractivity contribution is 7.89. The zero-order chi connectivity index (χ0) is 7.61. The van der Waals surface area contributed by atoms with Crippen LogP contribution in [0.25, 0.3) is 0 Å². The van der Waals surface area contributed by atoms with Gasteiger partial charge in [-0.2, -0.15) is 0 Å². The molecule has 1 aliphatic heterocycles. The van der Waals surface area contributed by atoms with Crippen LogP contribution in [0.5, 0.6) is 0 Å². The maximum Gasteiger partial charge on any atom is 0.228 e. The van der Waals surface area contributed by atoms with Crippen LogP contribution in [-0.2, 0) is 10.0 Å². The van der Waals surface area contributed by atoms with Gasteiger partial charge in [-0.1, -0.05) is 0 Å². The Bertz CT molecular complexity index is 233. The lowest BCUT2D eigenvalue weighted by atomic mass is 10.9. The van der Waals surface area contributed by atoms with Gasteiger partial charge in [-0.15, -0.1) is 5.53 Å². The summed E-state index contributed by atoms with van der Waals surface area (Å²) in [5.74, 6) is -0.240. The van der Waals surface area contributed by atoms with Gasteiger partial charge in [0.1, 0.15) is 0 Å². The summed E-state index contributed by atoms with van der Waals surface area (Å²) in [6.45, 7) is 0. The largest absolute Gasteiger partial charge is 0.310 e. The fourth-order valence-corrected chi connectivity index (χ4v) is 1.09. The van der Waals surface area contributed by atoms with Gasteiger partial charge in [-0.3, -0.25) is 5.01 Å². The first-order chi connectivity index (χ1) is 4.58. The highest BCUT2D eigenvalue weighted by Gasteiger charge is 2.09. The van der Waals surface area contributed by atoms with Crippen molar-refractivity contribution in [2.75, 3.05) is 5.88 Å². The van der Waals surface area contributed by atoms with Gasteiger partial charge >= 0.3 is 0 Å². The highest BCUT2D eigenvalue weighted by atomic mass is 32.2. The topological polar surface area (TPSA) is 87.5 Å². The molecule has 0 saturated carbocycles. The maximum absolute atomic E-state index is 10.4. The molecule has 4 N–H and O–H groups in total. The quantitative estimate of drug-likeness (QED) is 0.440. The van der Waals surface area contributed by atoms with E-state index in [0.29, 0.717) is 0 Å². The Kier molecular flexibility index (Phi) is 1.79. The molecule has 0 unspecified atom stereocenters. The Balaban J connectivity index is 2.47. The van der Waals surface area contributed by atoms with Gasteiger partial charge < -0.3 is 5.43 Å². The van der Waals surface area contributed by atoms with E-state index in [1.54, 1.807) is 6.20 Å². The van der Waals surface area contributed by atoms with E-state index in [1.807, 2.05) is 0 Å². The molecule has 58 valence electrons. The molecule has 1 aliphatic rings. The summed E-state index contributed by atoms with van der Waals surface area (Å²) < 4.78 is 20.8. The molecule has 0 aromatic carbocycles. The lowest BCUT2D eigenvalue weighted by molar-refractivity contribution is 0.309. The number of sulfonamides is 1. The number of hydrazine groups is 2. The van der Waals surface area contributed by atoms with E-state index in [-0.39, 0.29) is 5.88 Å². The summed E-state index contributed by atoms with van der Waals surface area (Å²) in [5, 5.41) is 6.06. The first-order valence-electron chi connectivity index (χ1n) is 2.53. The van der Waals surface area contributed by atoms with Crippen molar-refractivity contribution in [2.45, 2.75) is 0 Å². The van der Waals surface area contributed by atoms with Crippen LogP contribution in [0, 0.1) is 0 Å². The molecule has 0 aromatic rings. The molecule has 0 saturated heterocycles. The zero-order valence-electron chi connectivity index (χ0n) is 5.11. The van der Waals surface area contributed by atoms with E-state index < -0.39 is 10.0 Å². The number of nitrogens with zero attached hydrogens (tertiary/aromatic N) is 1. The lowest BCUT2D eigenvalue weighted by Gasteiger charge is -2.12. The molecular formula is C3H8N4O2S. The molecule has 0 aromatic heterocycles. The lowest BCUT2D eigenvalue weighted by Crippen LogP contribution is -2.40. The van der Waals surface area contributed by atoms with Crippen LogP contribution in [0.2, 0.25) is 0 Å². The molecule has 0 atom stereocenters. The van der Waals surface area contributed by atoms with Gasteiger partial charge in [-0.05, 0) is 0 Å². The Labute approximate surface area is 58.7 Å². The zero-order valence-corrected chi connectivity index (χ0v) is 5.93. The van der Waals surface area contributed by atoms with Gasteiger partial charge in [-0.25, -0.2) is 13.6 Å². The first kappa shape index (κ1) is 7.32. The first-order valence-corrected chi connectivity index (χ1v) is 4.24. The predicted octanol–water partition coefficient (Wildman–Crippen LogP) is -1.97. The van der Waals surface area contributed by atoms with Crippen molar-refractivity contribution in [1.29, 1.82) is 0 Å². The van der Waals surface area contributed by atoms with Crippen molar-refractivity contribution in [1.82, 2.24) is 16.0 Å². The van der Waals surface area contributed by atoms with E-state index in [0.717, 1.165) is 0 Å². The van der Waals surface area contributed by atoms with Crippen LogP contribution in [-0.4, -0.2) is 19.3 Å². The molecule has 0 aliphatic carbocycles. The molecule has 0 fully saturated rings. The van der Waals surface area contributed by atoms with Gasteiger partial charge in [0, 0.05) is 12.4 Å². The van der Waals surface area contributed by atoms with Gasteiger partial charge in [0.2, 0.25) is 10.0 Å². The monoisotopic (exact) mass is 164 g/mol. The summed E-state index contributed by atoms with van der Waals surface area (Å²) in [6.07, 6.45) is 3.09. The molecule has 7 heteroatoms. The molecule has 0 radical (unpaired) electrons. The maximum atomic E-state index is 10.4. The summed E-state index contributed by atoms with van der Waals surface area (Å²) in [4.78, 5) is 0. The van der Waals surface area contributed by atoms with Crippen LogP contribution >= 0.6 is 0 Å². The summed E-state index contributed by atoms with van der Waals surface area (Å²) in [7, 11) is -3.44. The fourth-order valence-electron chi connectivity index (χ4n) is 0.554. The van der Waals surface area contributed by atoms with Crippen LogP contribution in [0.4, 0.5) is 0 Å². The van der Waals surface area contributed by atoms with Crippen molar-refractivity contribution in [3.63, 3.8) is 0 Å². The minimum Gasteiger partial charge on any atom is -0.310 e. The summed E-state index contributed by atoms with van der Waals surface area (Å²) in [6, 6.07) is 0. The van der Waals surface area contributed by atoms with Crippen LogP contribution in [0.15, 0.2) is 12.4 Å². The number of primary sulfonamides is 1. The average Bonchev–Trinajstić information content (AvgIpc) is 2.12. The predicted molar refractivity (Wildman–Crippen MR) is 35.2 cm³/mol. The van der Waals surface area contributed by atoms with E-state index in [4.69, 9.17) is 5.14 Å². The third kappa shape index (κ3) is 2.21. The van der Waals surface area contributed by atoms with Gasteiger partial charge in [0.15, 0.2) is 5.88 Å². The SMILES string of the molecule is NS(=O)(=O)CN1C=CNN1. The standard InChI is InChI=1S/C3H8N4O2S/c4-10(8,9)3-7-2-1-5-6-7/h1-2,5-6H,3H2,(H2,4,8,9). The molecule has 1 rings (SSSR count). The highest BCUT2D eigenvalue weighted by Crippen LogP contribution is 1.90. The molecular weight excluding hydrogens is 156 g/mol. The number of nitrogens with two attached hydrogens (primary N) is 1. The van der Waals surface area contributed by atoms with Crippen molar-refractivity contribution >= 4 is 10.0 Å². The molecule has 1 heterocycles. The smallest absolute Gasteiger partial charge is 0.228 e. The van der Waals surface area contributed by atoms with Crippen LogP contribution in [0.1, 0.15) is 0 Å². The second kappa shape index (κ2) is 2.45. The Morgan fingerprint density at radius 1 is 1.60 bits per heavy atom. The van der Waals surface area contributed by atoms with Crippen LogP contribution in [0.3, 0.4) is 0 Å². The second-order valence-corrected chi connectivity index (χ2v) is 3.42. The minimum atomic E-state index is -3.44. The summed E-state index contributed by atoms with van der Waals surface area (Å²) in [5.41, 5.74) is 5.10. The number of hydrogen-bond acceptors (Lipinski definition) is 5. The Morgan fingerprint density at radius 2 is 2.30 bits per heavy atom. The molecule has 6 nitrogen and oxygen atoms in total. The third-order valence-corrected chi connectivity index (χ3v) is 1.50. The van der Waals surface area contributed by atoms with E-state index in [1.165, 1.54) is 11.2 Å². The van der Waals surface area contributed by atoms with Crippen molar-refractivity contribution in [2.24, 2.45) is 5.14 Å². The van der Waals surface area contributed by atoms with Gasteiger partial charge in [0.25, 0.3) is 0 Å². The second-order valence-electron chi connectivity index (χ2n) is 1.83. The molecule has 0 bridgehead atoms. The molecule has 10 heavy (non-hydrogen) atoms. The minimum absolute atomic E-state index is 0.240. The molecule has 0 amide bonds.